The van der Waals surface area contributed by atoms with Crippen molar-refractivity contribution in [2.75, 3.05) is 4.90 Å². The first kappa shape index (κ1) is 18.3. The molecule has 0 aromatic heterocycles. The first-order valence-electron chi connectivity index (χ1n) is 8.43. The van der Waals surface area contributed by atoms with Gasteiger partial charge in [-0.15, -0.1) is 0 Å². The van der Waals surface area contributed by atoms with E-state index in [9.17, 15) is 24.3 Å². The summed E-state index contributed by atoms with van der Waals surface area (Å²) in [5, 5.41) is 11.7. The molecule has 7 nitrogen and oxygen atoms in total. The summed E-state index contributed by atoms with van der Waals surface area (Å²) >= 11 is 0. The van der Waals surface area contributed by atoms with Gasteiger partial charge in [-0.05, 0) is 30.2 Å². The smallest absolute Gasteiger partial charge is 0.326 e. The van der Waals surface area contributed by atoms with Crippen LogP contribution in [0.3, 0.4) is 0 Å². The van der Waals surface area contributed by atoms with Gasteiger partial charge in [-0.25, -0.2) is 9.69 Å². The number of carboxylic acid groups (broad SMARTS) is 1. The van der Waals surface area contributed by atoms with Gasteiger partial charge in [0, 0.05) is 0 Å². The topological polar surface area (TPSA) is 104 Å². The number of nitrogens with one attached hydrogen (secondary N) is 1. The fourth-order valence-electron chi connectivity index (χ4n) is 3.00. The summed E-state index contributed by atoms with van der Waals surface area (Å²) in [5.41, 5.74) is 0.708. The monoisotopic (exact) mass is 366 g/mol. The maximum atomic E-state index is 12.7. The molecular formula is C20H18N2O5. The molecule has 1 atom stereocenters. The summed E-state index contributed by atoms with van der Waals surface area (Å²) < 4.78 is 0. The van der Waals surface area contributed by atoms with Crippen LogP contribution in [-0.4, -0.2) is 34.8 Å². The Morgan fingerprint density at radius 2 is 1.44 bits per heavy atom. The van der Waals surface area contributed by atoms with Crippen molar-refractivity contribution in [1.82, 2.24) is 5.32 Å². The zero-order valence-electron chi connectivity index (χ0n) is 14.8. The van der Waals surface area contributed by atoms with Crippen molar-refractivity contribution in [3.63, 3.8) is 0 Å². The highest BCUT2D eigenvalue weighted by molar-refractivity contribution is 6.35. The second kappa shape index (κ2) is 7.03. The number of carboxylic acids is 1. The second-order valence-corrected chi connectivity index (χ2v) is 6.54. The molecule has 0 saturated carbocycles. The van der Waals surface area contributed by atoms with Crippen molar-refractivity contribution in [1.29, 1.82) is 0 Å². The highest BCUT2D eigenvalue weighted by atomic mass is 16.4. The van der Waals surface area contributed by atoms with E-state index in [1.807, 2.05) is 0 Å². The number of aliphatic carboxylic acids is 1. The summed E-state index contributed by atoms with van der Waals surface area (Å²) in [6.07, 6.45) is 0. The number of carbonyl (C=O) groups is 4. The van der Waals surface area contributed by atoms with Gasteiger partial charge in [-0.3, -0.25) is 14.4 Å². The minimum atomic E-state index is -1.16. The van der Waals surface area contributed by atoms with Crippen molar-refractivity contribution < 1.29 is 24.3 Å². The number of hydrogen-bond acceptors (Lipinski definition) is 4. The van der Waals surface area contributed by atoms with E-state index in [0.29, 0.717) is 0 Å². The summed E-state index contributed by atoms with van der Waals surface area (Å²) in [5.74, 6) is -3.19. The summed E-state index contributed by atoms with van der Waals surface area (Å²) in [7, 11) is 0. The highest BCUT2D eigenvalue weighted by Crippen LogP contribution is 2.30. The molecule has 1 aliphatic rings. The Morgan fingerprint density at radius 1 is 0.926 bits per heavy atom. The number of anilines is 1. The second-order valence-electron chi connectivity index (χ2n) is 6.54. The Balaban J connectivity index is 1.98. The molecule has 0 spiro atoms. The molecule has 0 saturated heterocycles. The average Bonchev–Trinajstić information content (AvgIpc) is 2.90. The fourth-order valence-corrected chi connectivity index (χ4v) is 3.00. The van der Waals surface area contributed by atoms with E-state index in [1.165, 1.54) is 12.1 Å². The lowest BCUT2D eigenvalue weighted by Gasteiger charge is -2.21. The van der Waals surface area contributed by atoms with Crippen LogP contribution in [0.25, 0.3) is 0 Å². The SMILES string of the molecule is CC(C)C(NC(=O)c1ccccc1N1C(=O)c2ccccc2C1=O)C(=O)O. The van der Waals surface area contributed by atoms with Crippen LogP contribution in [0.4, 0.5) is 5.69 Å². The van der Waals surface area contributed by atoms with E-state index in [-0.39, 0.29) is 28.3 Å². The van der Waals surface area contributed by atoms with Gasteiger partial charge in [-0.1, -0.05) is 38.1 Å². The molecule has 1 aliphatic heterocycles. The zero-order valence-corrected chi connectivity index (χ0v) is 14.8. The number of amides is 3. The zero-order chi connectivity index (χ0) is 19.7. The number of imide groups is 1. The number of carbonyl (C=O) groups excluding carboxylic acids is 3. The van der Waals surface area contributed by atoms with Gasteiger partial charge >= 0.3 is 5.97 Å². The van der Waals surface area contributed by atoms with Crippen molar-refractivity contribution >= 4 is 29.4 Å². The molecule has 2 N–H and O–H groups in total. The van der Waals surface area contributed by atoms with E-state index in [1.54, 1.807) is 50.2 Å². The molecule has 1 heterocycles. The molecule has 27 heavy (non-hydrogen) atoms. The lowest BCUT2D eigenvalue weighted by molar-refractivity contribution is -0.140. The molecule has 0 aliphatic carbocycles. The van der Waals surface area contributed by atoms with Crippen molar-refractivity contribution in [3.05, 3.63) is 65.2 Å². The summed E-state index contributed by atoms with van der Waals surface area (Å²) in [4.78, 5) is 50.4. The lowest BCUT2D eigenvalue weighted by atomic mass is 10.0. The molecule has 0 bridgehead atoms. The third kappa shape index (κ3) is 3.19. The number of fused-ring (bicyclic) bond motifs is 1. The molecule has 0 radical (unpaired) electrons. The van der Waals surface area contributed by atoms with E-state index in [4.69, 9.17) is 0 Å². The van der Waals surface area contributed by atoms with Crippen LogP contribution >= 0.6 is 0 Å². The predicted octanol–water partition coefficient (Wildman–Crippen LogP) is 2.33. The van der Waals surface area contributed by atoms with Crippen LogP contribution in [0.2, 0.25) is 0 Å². The minimum Gasteiger partial charge on any atom is -0.480 e. The largest absolute Gasteiger partial charge is 0.480 e. The number of hydrogen-bond donors (Lipinski definition) is 2. The Labute approximate surface area is 155 Å². The van der Waals surface area contributed by atoms with E-state index < -0.39 is 29.7 Å². The Hall–Kier alpha value is -3.48. The normalized spacial score (nSPS) is 14.3. The third-order valence-electron chi connectivity index (χ3n) is 4.40. The third-order valence-corrected chi connectivity index (χ3v) is 4.40. The minimum absolute atomic E-state index is 0.0545. The van der Waals surface area contributed by atoms with Crippen molar-refractivity contribution in [2.24, 2.45) is 5.92 Å². The van der Waals surface area contributed by atoms with Crippen LogP contribution in [0.5, 0.6) is 0 Å². The highest BCUT2D eigenvalue weighted by Gasteiger charge is 2.38. The average molecular weight is 366 g/mol. The lowest BCUT2D eigenvalue weighted by Crippen LogP contribution is -2.45. The summed E-state index contributed by atoms with van der Waals surface area (Å²) in [6.45, 7) is 3.35. The standard InChI is InChI=1S/C20H18N2O5/c1-11(2)16(20(26)27)21-17(23)14-9-5-6-10-15(14)22-18(24)12-7-3-4-8-13(12)19(22)25/h3-11,16H,1-2H3,(H,21,23)(H,26,27). The number of benzene rings is 2. The molecule has 138 valence electrons. The van der Waals surface area contributed by atoms with E-state index in [2.05, 4.69) is 5.32 Å². The molecule has 1 unspecified atom stereocenters. The molecule has 7 heteroatoms. The van der Waals surface area contributed by atoms with Gasteiger partial charge < -0.3 is 10.4 Å². The maximum Gasteiger partial charge on any atom is 0.326 e. The first-order valence-corrected chi connectivity index (χ1v) is 8.43. The predicted molar refractivity (Wildman–Crippen MR) is 97.8 cm³/mol. The van der Waals surface area contributed by atoms with Crippen molar-refractivity contribution in [2.45, 2.75) is 19.9 Å². The van der Waals surface area contributed by atoms with Gasteiger partial charge in [0.15, 0.2) is 0 Å². The van der Waals surface area contributed by atoms with Crippen molar-refractivity contribution in [3.8, 4) is 0 Å². The Kier molecular flexibility index (Phi) is 4.77. The molecule has 2 aromatic rings. The van der Waals surface area contributed by atoms with Gasteiger partial charge in [0.25, 0.3) is 17.7 Å². The van der Waals surface area contributed by atoms with Gasteiger partial charge in [0.1, 0.15) is 6.04 Å². The van der Waals surface area contributed by atoms with Gasteiger partial charge in [0.05, 0.1) is 22.4 Å². The Morgan fingerprint density at radius 3 is 1.96 bits per heavy atom. The van der Waals surface area contributed by atoms with Crippen LogP contribution in [0.15, 0.2) is 48.5 Å². The van der Waals surface area contributed by atoms with Crippen LogP contribution in [0, 0.1) is 5.92 Å². The molecular weight excluding hydrogens is 348 g/mol. The summed E-state index contributed by atoms with van der Waals surface area (Å²) in [6, 6.07) is 11.5. The molecule has 3 rings (SSSR count). The number of nitrogens with zero attached hydrogens (tertiary/aromatic N) is 1. The quantitative estimate of drug-likeness (QED) is 0.791. The number of rotatable bonds is 5. The molecule has 3 amide bonds. The Bertz CT molecular complexity index is 916. The van der Waals surface area contributed by atoms with Crippen LogP contribution in [-0.2, 0) is 4.79 Å². The number of para-hydroxylation sites is 1. The van der Waals surface area contributed by atoms with Crippen LogP contribution in [0.1, 0.15) is 44.9 Å². The van der Waals surface area contributed by atoms with E-state index in [0.717, 1.165) is 4.90 Å². The van der Waals surface area contributed by atoms with Gasteiger partial charge in [-0.2, -0.15) is 0 Å². The molecule has 0 fully saturated rings. The first-order chi connectivity index (χ1) is 12.8. The van der Waals surface area contributed by atoms with Gasteiger partial charge in [0.2, 0.25) is 0 Å². The van der Waals surface area contributed by atoms with Crippen LogP contribution < -0.4 is 10.2 Å². The molecule has 2 aromatic carbocycles. The van der Waals surface area contributed by atoms with E-state index >= 15 is 0 Å². The fraction of sp³-hybridized carbons (Fsp3) is 0.200. The maximum absolute atomic E-state index is 12.7.